The molecule has 3 amide bonds. The Morgan fingerprint density at radius 2 is 2.30 bits per heavy atom. The first-order valence-corrected chi connectivity index (χ1v) is 8.96. The van der Waals surface area contributed by atoms with Gasteiger partial charge in [-0.1, -0.05) is 28.5 Å². The van der Waals surface area contributed by atoms with Crippen LogP contribution in [0.3, 0.4) is 0 Å². The summed E-state index contributed by atoms with van der Waals surface area (Å²) in [5.41, 5.74) is 0.684. The van der Waals surface area contributed by atoms with E-state index in [9.17, 15) is 14.4 Å². The SMILES string of the molecule is O=C(NCCN1C(=O)CSC1=O)C1CC(c2ccc(Cl)s2)=NO1. The van der Waals surface area contributed by atoms with Gasteiger partial charge in [0.05, 0.1) is 15.0 Å². The summed E-state index contributed by atoms with van der Waals surface area (Å²) in [6, 6.07) is 3.59. The van der Waals surface area contributed by atoms with Crippen LogP contribution >= 0.6 is 34.7 Å². The normalized spacial score (nSPS) is 20.7. The maximum absolute atomic E-state index is 12.0. The summed E-state index contributed by atoms with van der Waals surface area (Å²) in [5, 5.41) is 6.30. The lowest BCUT2D eigenvalue weighted by molar-refractivity contribution is -0.131. The lowest BCUT2D eigenvalue weighted by atomic mass is 10.1. The van der Waals surface area contributed by atoms with Crippen LogP contribution in [0.15, 0.2) is 17.3 Å². The van der Waals surface area contributed by atoms with Gasteiger partial charge in [-0.2, -0.15) is 0 Å². The van der Waals surface area contributed by atoms with E-state index in [4.69, 9.17) is 16.4 Å². The van der Waals surface area contributed by atoms with Gasteiger partial charge in [-0.3, -0.25) is 19.3 Å². The van der Waals surface area contributed by atoms with Gasteiger partial charge >= 0.3 is 0 Å². The number of hydrogen-bond acceptors (Lipinski definition) is 7. The molecule has 2 aliphatic rings. The zero-order chi connectivity index (χ0) is 16.4. The summed E-state index contributed by atoms with van der Waals surface area (Å²) in [7, 11) is 0. The third-order valence-electron chi connectivity index (χ3n) is 3.29. The number of hydrogen-bond donors (Lipinski definition) is 1. The van der Waals surface area contributed by atoms with Crippen molar-refractivity contribution in [2.45, 2.75) is 12.5 Å². The molecule has 10 heteroatoms. The molecule has 1 N–H and O–H groups in total. The fraction of sp³-hybridized carbons (Fsp3) is 0.385. The van der Waals surface area contributed by atoms with Crippen LogP contribution < -0.4 is 5.32 Å². The molecule has 23 heavy (non-hydrogen) atoms. The van der Waals surface area contributed by atoms with Crippen LogP contribution in [0.5, 0.6) is 0 Å². The van der Waals surface area contributed by atoms with Crippen molar-refractivity contribution in [2.75, 3.05) is 18.8 Å². The Labute approximate surface area is 145 Å². The van der Waals surface area contributed by atoms with Crippen molar-refractivity contribution in [3.63, 3.8) is 0 Å². The first-order valence-electron chi connectivity index (χ1n) is 6.78. The minimum absolute atomic E-state index is 0.164. The van der Waals surface area contributed by atoms with E-state index in [1.165, 1.54) is 11.3 Å². The fourth-order valence-corrected chi connectivity index (χ4v) is 3.92. The van der Waals surface area contributed by atoms with E-state index in [0.717, 1.165) is 21.5 Å². The topological polar surface area (TPSA) is 88.1 Å². The van der Waals surface area contributed by atoms with Gasteiger partial charge in [0.2, 0.25) is 12.0 Å². The second-order valence-electron chi connectivity index (χ2n) is 4.83. The molecule has 0 spiro atoms. The second kappa shape index (κ2) is 6.90. The summed E-state index contributed by atoms with van der Waals surface area (Å²) >= 11 is 8.22. The van der Waals surface area contributed by atoms with Crippen LogP contribution in [0.25, 0.3) is 0 Å². The number of nitrogens with zero attached hydrogens (tertiary/aromatic N) is 2. The number of oxime groups is 1. The smallest absolute Gasteiger partial charge is 0.288 e. The van der Waals surface area contributed by atoms with Crippen molar-refractivity contribution >= 4 is 57.5 Å². The molecule has 3 heterocycles. The molecule has 0 radical (unpaired) electrons. The Balaban J connectivity index is 1.45. The average molecular weight is 374 g/mol. The van der Waals surface area contributed by atoms with Gasteiger partial charge in [-0.25, -0.2) is 0 Å². The Morgan fingerprint density at radius 1 is 1.48 bits per heavy atom. The highest BCUT2D eigenvalue weighted by Crippen LogP contribution is 2.26. The van der Waals surface area contributed by atoms with Gasteiger partial charge in [0, 0.05) is 19.5 Å². The maximum atomic E-state index is 12.0. The van der Waals surface area contributed by atoms with E-state index in [1.54, 1.807) is 6.07 Å². The number of nitrogens with one attached hydrogen (secondary N) is 1. The standard InChI is InChI=1S/C13H12ClN3O4S2/c14-10-2-1-9(23-10)7-5-8(21-16-7)12(19)15-3-4-17-11(18)6-22-13(17)20/h1-2,8H,3-6H2,(H,15,19). The lowest BCUT2D eigenvalue weighted by Gasteiger charge is -2.14. The van der Waals surface area contributed by atoms with E-state index in [-0.39, 0.29) is 35.9 Å². The van der Waals surface area contributed by atoms with Gasteiger partial charge in [0.1, 0.15) is 5.71 Å². The van der Waals surface area contributed by atoms with Crippen molar-refractivity contribution in [1.82, 2.24) is 10.2 Å². The number of carbonyl (C=O) groups excluding carboxylic acids is 3. The van der Waals surface area contributed by atoms with Gasteiger partial charge in [0.25, 0.3) is 11.1 Å². The van der Waals surface area contributed by atoms with Gasteiger partial charge in [-0.15, -0.1) is 11.3 Å². The van der Waals surface area contributed by atoms with E-state index in [0.29, 0.717) is 16.5 Å². The molecule has 1 saturated heterocycles. The van der Waals surface area contributed by atoms with Gasteiger partial charge in [-0.05, 0) is 12.1 Å². The molecule has 0 bridgehead atoms. The molecule has 2 aliphatic heterocycles. The van der Waals surface area contributed by atoms with Crippen molar-refractivity contribution < 1.29 is 19.2 Å². The molecule has 1 unspecified atom stereocenters. The maximum Gasteiger partial charge on any atom is 0.288 e. The van der Waals surface area contributed by atoms with E-state index in [2.05, 4.69) is 10.5 Å². The molecular formula is C13H12ClN3O4S2. The second-order valence-corrected chi connectivity index (χ2v) is 7.47. The Bertz CT molecular complexity index is 675. The van der Waals surface area contributed by atoms with Crippen LogP contribution in [0, 0.1) is 0 Å². The quantitative estimate of drug-likeness (QED) is 0.848. The van der Waals surface area contributed by atoms with Crippen molar-refractivity contribution in [2.24, 2.45) is 5.16 Å². The molecule has 3 rings (SSSR count). The predicted molar refractivity (Wildman–Crippen MR) is 87.9 cm³/mol. The average Bonchev–Trinajstić information content (AvgIpc) is 3.22. The summed E-state index contributed by atoms with van der Waals surface area (Å²) in [6.07, 6.45) is -0.342. The number of thiophene rings is 1. The number of halogens is 1. The lowest BCUT2D eigenvalue weighted by Crippen LogP contribution is -2.41. The van der Waals surface area contributed by atoms with E-state index >= 15 is 0 Å². The highest BCUT2D eigenvalue weighted by Gasteiger charge is 2.31. The molecule has 122 valence electrons. The van der Waals surface area contributed by atoms with E-state index in [1.807, 2.05) is 6.07 Å². The third kappa shape index (κ3) is 3.67. The minimum atomic E-state index is -0.703. The Kier molecular flexibility index (Phi) is 4.88. The molecule has 7 nitrogen and oxygen atoms in total. The summed E-state index contributed by atoms with van der Waals surface area (Å²) in [4.78, 5) is 42.0. The van der Waals surface area contributed by atoms with Crippen molar-refractivity contribution in [1.29, 1.82) is 0 Å². The molecule has 1 fully saturated rings. The zero-order valence-electron chi connectivity index (χ0n) is 11.8. The first kappa shape index (κ1) is 16.3. The number of rotatable bonds is 5. The highest BCUT2D eigenvalue weighted by atomic mass is 35.5. The van der Waals surface area contributed by atoms with E-state index < -0.39 is 6.10 Å². The number of imide groups is 1. The minimum Gasteiger partial charge on any atom is -0.382 e. The Morgan fingerprint density at radius 3 is 2.96 bits per heavy atom. The molecule has 0 saturated carbocycles. The van der Waals surface area contributed by atoms with Crippen LogP contribution in [-0.2, 0) is 14.4 Å². The summed E-state index contributed by atoms with van der Waals surface area (Å²) < 4.78 is 0.647. The Hall–Kier alpha value is -1.58. The summed E-state index contributed by atoms with van der Waals surface area (Å²) in [5.74, 6) is -0.385. The number of carbonyl (C=O) groups is 3. The van der Waals surface area contributed by atoms with Crippen LogP contribution in [0.1, 0.15) is 11.3 Å². The van der Waals surface area contributed by atoms with Crippen molar-refractivity contribution in [3.8, 4) is 0 Å². The third-order valence-corrected chi connectivity index (χ3v) is 5.43. The van der Waals surface area contributed by atoms with Crippen LogP contribution in [-0.4, -0.2) is 52.6 Å². The zero-order valence-corrected chi connectivity index (χ0v) is 14.2. The number of amides is 3. The first-order chi connectivity index (χ1) is 11.0. The molecule has 1 aromatic heterocycles. The molecule has 1 aromatic rings. The van der Waals surface area contributed by atoms with Crippen LogP contribution in [0.4, 0.5) is 4.79 Å². The molecule has 0 aliphatic carbocycles. The van der Waals surface area contributed by atoms with Gasteiger partial charge in [0.15, 0.2) is 0 Å². The number of thioether (sulfide) groups is 1. The molecular weight excluding hydrogens is 362 g/mol. The predicted octanol–water partition coefficient (Wildman–Crippen LogP) is 1.71. The molecule has 0 aromatic carbocycles. The van der Waals surface area contributed by atoms with Gasteiger partial charge < -0.3 is 10.2 Å². The fourth-order valence-electron chi connectivity index (χ4n) is 2.13. The van der Waals surface area contributed by atoms with Crippen LogP contribution in [0.2, 0.25) is 4.34 Å². The van der Waals surface area contributed by atoms with Crippen molar-refractivity contribution in [3.05, 3.63) is 21.3 Å². The summed E-state index contributed by atoms with van der Waals surface area (Å²) in [6.45, 7) is 0.355. The molecule has 1 atom stereocenters. The monoisotopic (exact) mass is 373 g/mol. The highest BCUT2D eigenvalue weighted by molar-refractivity contribution is 8.14. The largest absolute Gasteiger partial charge is 0.382 e.